The number of fused-ring (bicyclic) bond motifs is 1. The van der Waals surface area contributed by atoms with Gasteiger partial charge in [0.1, 0.15) is 5.69 Å². The van der Waals surface area contributed by atoms with E-state index < -0.39 is 0 Å². The van der Waals surface area contributed by atoms with Crippen molar-refractivity contribution < 1.29 is 4.79 Å². The number of benzene rings is 3. The number of halogens is 2. The van der Waals surface area contributed by atoms with Gasteiger partial charge in [-0.15, -0.1) is 0 Å². The monoisotopic (exact) mass is 570 g/mol. The molecule has 3 aromatic carbocycles. The van der Waals surface area contributed by atoms with Crippen molar-refractivity contribution in [2.24, 2.45) is 5.41 Å². The second-order valence-corrected chi connectivity index (χ2v) is 11.5. The van der Waals surface area contributed by atoms with Crippen LogP contribution in [0, 0.1) is 5.41 Å². The largest absolute Gasteiger partial charge is 0.294 e. The van der Waals surface area contributed by atoms with Crippen molar-refractivity contribution in [2.45, 2.75) is 26.7 Å². The van der Waals surface area contributed by atoms with Crippen molar-refractivity contribution in [3.05, 3.63) is 106 Å². The molecule has 0 radical (unpaired) electrons. The number of Topliss-reactive ketones (excluding diaryl/α,β-unsaturated/α-hetero) is 1. The van der Waals surface area contributed by atoms with Crippen LogP contribution in [0.3, 0.4) is 0 Å². The maximum atomic E-state index is 13.7. The summed E-state index contributed by atoms with van der Waals surface area (Å²) in [5, 5.41) is 10.7. The van der Waals surface area contributed by atoms with Gasteiger partial charge >= 0.3 is 0 Å². The molecule has 0 saturated heterocycles. The molecule has 7 heteroatoms. The lowest BCUT2D eigenvalue weighted by molar-refractivity contribution is 0.0912. The maximum Gasteiger partial charge on any atom is 0.167 e. The first-order valence-corrected chi connectivity index (χ1v) is 13.3. The molecule has 1 aliphatic carbocycles. The van der Waals surface area contributed by atoms with E-state index in [1.807, 2.05) is 94.4 Å². The van der Waals surface area contributed by atoms with Crippen LogP contribution in [0.1, 0.15) is 36.3 Å². The third-order valence-corrected chi connectivity index (χ3v) is 7.48. The predicted octanol–water partition coefficient (Wildman–Crippen LogP) is 7.96. The van der Waals surface area contributed by atoms with Crippen LogP contribution < -0.4 is 0 Å². The Hall–Kier alpha value is -3.48. The molecule has 0 spiro atoms. The molecular weight excluding hydrogens is 548 g/mol. The molecule has 0 N–H and O–H groups in total. The van der Waals surface area contributed by atoms with Crippen LogP contribution in [-0.4, -0.2) is 25.3 Å². The molecule has 0 atom stereocenters. The smallest absolute Gasteiger partial charge is 0.167 e. The molecule has 0 bridgehead atoms. The molecule has 5 aromatic rings. The van der Waals surface area contributed by atoms with Crippen LogP contribution >= 0.6 is 27.5 Å². The number of carbonyl (C=O) groups is 1. The Morgan fingerprint density at radius 2 is 1.57 bits per heavy atom. The Bertz CT molecular complexity index is 1620. The number of ketones is 1. The Labute approximate surface area is 228 Å². The van der Waals surface area contributed by atoms with Crippen molar-refractivity contribution in [3.63, 3.8) is 0 Å². The third kappa shape index (κ3) is 4.45. The summed E-state index contributed by atoms with van der Waals surface area (Å²) in [7, 11) is 0. The van der Waals surface area contributed by atoms with Gasteiger partial charge < -0.3 is 0 Å². The summed E-state index contributed by atoms with van der Waals surface area (Å²) in [5.41, 5.74) is 6.47. The molecule has 0 amide bonds. The Balaban J connectivity index is 1.66. The quantitative estimate of drug-likeness (QED) is 0.220. The van der Waals surface area contributed by atoms with E-state index in [1.165, 1.54) is 0 Å². The van der Waals surface area contributed by atoms with Gasteiger partial charge in [-0.3, -0.25) is 4.79 Å². The lowest BCUT2D eigenvalue weighted by Crippen LogP contribution is -2.26. The van der Waals surface area contributed by atoms with Crippen LogP contribution in [0.5, 0.6) is 0 Å². The van der Waals surface area contributed by atoms with Gasteiger partial charge in [0.2, 0.25) is 0 Å². The van der Waals surface area contributed by atoms with Gasteiger partial charge in [-0.1, -0.05) is 71.7 Å². The molecule has 6 rings (SSSR count). The molecule has 0 unspecified atom stereocenters. The van der Waals surface area contributed by atoms with E-state index in [0.29, 0.717) is 17.0 Å². The van der Waals surface area contributed by atoms with E-state index in [4.69, 9.17) is 21.8 Å². The first-order chi connectivity index (χ1) is 17.8. The van der Waals surface area contributed by atoms with E-state index in [1.54, 1.807) is 0 Å². The van der Waals surface area contributed by atoms with Gasteiger partial charge in [-0.25, -0.2) is 9.36 Å². The fraction of sp³-hybridized carbons (Fsp3) is 0.167. The number of aromatic nitrogens is 4. The Morgan fingerprint density at radius 3 is 2.27 bits per heavy atom. The van der Waals surface area contributed by atoms with Crippen molar-refractivity contribution >= 4 is 33.3 Å². The van der Waals surface area contributed by atoms with Gasteiger partial charge in [0.05, 0.1) is 28.3 Å². The average Bonchev–Trinajstić information content (AvgIpc) is 3.47. The van der Waals surface area contributed by atoms with Crippen molar-refractivity contribution in [3.8, 4) is 33.9 Å². The van der Waals surface area contributed by atoms with E-state index in [9.17, 15) is 4.79 Å². The van der Waals surface area contributed by atoms with Crippen molar-refractivity contribution in [1.82, 2.24) is 19.6 Å². The fourth-order valence-corrected chi connectivity index (χ4v) is 5.41. The number of hydrogen-bond acceptors (Lipinski definition) is 3. The van der Waals surface area contributed by atoms with Gasteiger partial charge in [-0.05, 0) is 60.4 Å². The first-order valence-electron chi connectivity index (χ1n) is 12.1. The van der Waals surface area contributed by atoms with E-state index in [-0.39, 0.29) is 11.2 Å². The van der Waals surface area contributed by atoms with Crippen LogP contribution in [0.25, 0.3) is 33.9 Å². The Morgan fingerprint density at radius 1 is 0.865 bits per heavy atom. The highest BCUT2D eigenvalue weighted by atomic mass is 79.9. The molecule has 0 saturated carbocycles. The molecule has 37 heavy (non-hydrogen) atoms. The fourth-order valence-electron chi connectivity index (χ4n) is 5.02. The number of para-hydroxylation sites is 1. The lowest BCUT2D eigenvalue weighted by Gasteiger charge is -2.27. The number of hydrogen-bond donors (Lipinski definition) is 0. The van der Waals surface area contributed by atoms with Gasteiger partial charge in [0, 0.05) is 33.2 Å². The first kappa shape index (κ1) is 23.9. The minimum atomic E-state index is -0.145. The number of carbonyl (C=O) groups excluding carboxylic acids is 1. The van der Waals surface area contributed by atoms with Crippen LogP contribution in [0.4, 0.5) is 0 Å². The molecule has 2 aromatic heterocycles. The van der Waals surface area contributed by atoms with E-state index >= 15 is 0 Å². The highest BCUT2D eigenvalue weighted by Gasteiger charge is 2.38. The van der Waals surface area contributed by atoms with Crippen LogP contribution in [0.2, 0.25) is 5.02 Å². The molecular formula is C30H24BrClN4O. The zero-order valence-electron chi connectivity index (χ0n) is 20.5. The van der Waals surface area contributed by atoms with E-state index in [0.717, 1.165) is 50.5 Å². The Kier molecular flexibility index (Phi) is 5.89. The number of rotatable bonds is 4. The normalized spacial score (nSPS) is 14.5. The molecule has 184 valence electrons. The summed E-state index contributed by atoms with van der Waals surface area (Å²) in [4.78, 5) is 13.7. The summed E-state index contributed by atoms with van der Waals surface area (Å²) in [6.07, 6.45) is 3.20. The molecule has 1 aliphatic rings. The highest BCUT2D eigenvalue weighted by molar-refractivity contribution is 9.10. The topological polar surface area (TPSA) is 52.7 Å². The zero-order chi connectivity index (χ0) is 25.7. The summed E-state index contributed by atoms with van der Waals surface area (Å²) < 4.78 is 4.75. The molecule has 2 heterocycles. The summed E-state index contributed by atoms with van der Waals surface area (Å²) >= 11 is 9.74. The minimum absolute atomic E-state index is 0.110. The van der Waals surface area contributed by atoms with E-state index in [2.05, 4.69) is 29.8 Å². The molecule has 0 aliphatic heterocycles. The summed E-state index contributed by atoms with van der Waals surface area (Å²) in [6, 6.07) is 25.6. The van der Waals surface area contributed by atoms with Crippen molar-refractivity contribution in [1.29, 1.82) is 0 Å². The zero-order valence-corrected chi connectivity index (χ0v) is 22.8. The predicted molar refractivity (Wildman–Crippen MR) is 151 cm³/mol. The van der Waals surface area contributed by atoms with Gasteiger partial charge in [0.15, 0.2) is 5.78 Å². The summed E-state index contributed by atoms with van der Waals surface area (Å²) in [5.74, 6) is 0.110. The maximum absolute atomic E-state index is 13.7. The second kappa shape index (κ2) is 9.12. The third-order valence-electron chi connectivity index (χ3n) is 6.70. The second-order valence-electron chi connectivity index (χ2n) is 10.2. The highest BCUT2D eigenvalue weighted by Crippen LogP contribution is 2.42. The lowest BCUT2D eigenvalue weighted by atomic mass is 9.75. The van der Waals surface area contributed by atoms with Crippen LogP contribution in [-0.2, 0) is 6.42 Å². The molecule has 5 nitrogen and oxygen atoms in total. The standard InChI is InChI=1S/C30H24BrClN4O/c1-30(2)16-25-27(26(37)17-30)29(36(33-25)23-14-10-20(31)11-15-23)24-18-35(22-6-4-3-5-7-22)34-28(24)19-8-12-21(32)13-9-19/h3-15,18H,16-17H2,1-2H3. The van der Waals surface area contributed by atoms with Gasteiger partial charge in [-0.2, -0.15) is 10.2 Å². The minimum Gasteiger partial charge on any atom is -0.294 e. The van der Waals surface area contributed by atoms with Crippen molar-refractivity contribution in [2.75, 3.05) is 0 Å². The SMILES string of the molecule is CC1(C)CC(=O)c2c(nn(-c3ccc(Br)cc3)c2-c2cn(-c3ccccc3)nc2-c2ccc(Cl)cc2)C1. The molecule has 0 fully saturated rings. The van der Waals surface area contributed by atoms with Gasteiger partial charge in [0.25, 0.3) is 0 Å². The average molecular weight is 572 g/mol. The summed E-state index contributed by atoms with van der Waals surface area (Å²) in [6.45, 7) is 4.25. The van der Waals surface area contributed by atoms with Crippen LogP contribution in [0.15, 0.2) is 89.5 Å². The number of nitrogens with zero attached hydrogens (tertiary/aromatic N) is 4.